The molecule has 1 rings (SSSR count). The lowest BCUT2D eigenvalue weighted by Crippen LogP contribution is -2.34. The summed E-state index contributed by atoms with van der Waals surface area (Å²) >= 11 is 1.43. The molecule has 0 aromatic rings. The molecule has 84 valence electrons. The lowest BCUT2D eigenvalue weighted by atomic mass is 10.4. The van der Waals surface area contributed by atoms with Crippen molar-refractivity contribution >= 4 is 23.6 Å². The van der Waals surface area contributed by atoms with Gasteiger partial charge in [0.25, 0.3) is 0 Å². The van der Waals surface area contributed by atoms with Crippen LogP contribution in [0.5, 0.6) is 0 Å². The zero-order chi connectivity index (χ0) is 11.1. The van der Waals surface area contributed by atoms with Crippen LogP contribution in [0.4, 0.5) is 0 Å². The summed E-state index contributed by atoms with van der Waals surface area (Å²) in [7, 11) is 0. The van der Waals surface area contributed by atoms with Crippen molar-refractivity contribution in [3.63, 3.8) is 0 Å². The molecule has 0 aliphatic carbocycles. The monoisotopic (exact) mass is 229 g/mol. The molecule has 0 unspecified atom stereocenters. The van der Waals surface area contributed by atoms with Gasteiger partial charge in [-0.25, -0.2) is 0 Å². The third kappa shape index (κ3) is 4.38. The van der Waals surface area contributed by atoms with Gasteiger partial charge in [0, 0.05) is 6.20 Å². The minimum atomic E-state index is -0.339. The molecule has 0 spiro atoms. The topological polar surface area (TPSA) is 46.6 Å². The van der Waals surface area contributed by atoms with E-state index in [2.05, 4.69) is 0 Å². The van der Waals surface area contributed by atoms with Crippen LogP contribution in [-0.4, -0.2) is 35.7 Å². The van der Waals surface area contributed by atoms with Crippen molar-refractivity contribution in [2.45, 2.75) is 19.8 Å². The molecule has 0 atom stereocenters. The number of hydrogen-bond donors (Lipinski definition) is 0. The first-order chi connectivity index (χ1) is 7.24. The van der Waals surface area contributed by atoms with E-state index in [9.17, 15) is 9.59 Å². The van der Waals surface area contributed by atoms with E-state index in [1.165, 1.54) is 16.7 Å². The second-order valence-corrected chi connectivity index (χ2v) is 4.09. The van der Waals surface area contributed by atoms with Gasteiger partial charge >= 0.3 is 5.97 Å². The second kappa shape index (κ2) is 6.50. The van der Waals surface area contributed by atoms with Gasteiger partial charge in [-0.3, -0.25) is 9.59 Å². The maximum atomic E-state index is 11.3. The fraction of sp³-hybridized carbons (Fsp3) is 0.600. The quantitative estimate of drug-likeness (QED) is 0.528. The highest BCUT2D eigenvalue weighted by atomic mass is 32.2. The number of esters is 1. The fourth-order valence-corrected chi connectivity index (χ4v) is 1.70. The van der Waals surface area contributed by atoms with Gasteiger partial charge in [-0.05, 0) is 11.8 Å². The van der Waals surface area contributed by atoms with Crippen LogP contribution >= 0.6 is 11.8 Å². The lowest BCUT2D eigenvalue weighted by molar-refractivity contribution is -0.147. The van der Waals surface area contributed by atoms with Gasteiger partial charge in [0.15, 0.2) is 0 Å². The normalized spacial score (nSPS) is 15.5. The van der Waals surface area contributed by atoms with Crippen molar-refractivity contribution in [2.24, 2.45) is 0 Å². The number of nitrogens with zero attached hydrogens (tertiary/aromatic N) is 1. The molecule has 1 heterocycles. The molecule has 0 aromatic carbocycles. The molecule has 1 amide bonds. The number of carbonyl (C=O) groups is 2. The molecular weight excluding hydrogens is 214 g/mol. The van der Waals surface area contributed by atoms with Crippen LogP contribution in [0.25, 0.3) is 0 Å². The van der Waals surface area contributed by atoms with Crippen LogP contribution in [-0.2, 0) is 14.3 Å². The fourth-order valence-electron chi connectivity index (χ4n) is 1.06. The highest BCUT2D eigenvalue weighted by Crippen LogP contribution is 2.11. The van der Waals surface area contributed by atoms with Crippen molar-refractivity contribution in [1.29, 1.82) is 0 Å². The van der Waals surface area contributed by atoms with Crippen LogP contribution < -0.4 is 0 Å². The molecule has 1 aliphatic heterocycles. The Labute approximate surface area is 93.6 Å². The second-order valence-electron chi connectivity index (χ2n) is 3.19. The summed E-state index contributed by atoms with van der Waals surface area (Å²) < 4.78 is 4.96. The molecule has 0 saturated carbocycles. The Morgan fingerprint density at radius 3 is 3.13 bits per heavy atom. The van der Waals surface area contributed by atoms with Gasteiger partial charge < -0.3 is 9.64 Å². The highest BCUT2D eigenvalue weighted by molar-refractivity contribution is 8.02. The Hall–Kier alpha value is -0.970. The number of ether oxygens (including phenoxy) is 1. The van der Waals surface area contributed by atoms with E-state index in [4.69, 9.17) is 4.74 Å². The molecule has 1 aliphatic rings. The summed E-state index contributed by atoms with van der Waals surface area (Å²) in [5, 5.41) is 1.81. The molecular formula is C10H15NO3S. The van der Waals surface area contributed by atoms with E-state index in [1.807, 2.05) is 6.92 Å². The Bertz CT molecular complexity index is 265. The minimum Gasteiger partial charge on any atom is -0.464 e. The number of thioether (sulfide) groups is 1. The zero-order valence-electron chi connectivity index (χ0n) is 8.77. The van der Waals surface area contributed by atoms with Gasteiger partial charge in [0.05, 0.1) is 12.4 Å². The average Bonchev–Trinajstić information content (AvgIpc) is 2.22. The number of unbranched alkanes of at least 4 members (excludes halogenated alkanes) is 1. The van der Waals surface area contributed by atoms with Crippen molar-refractivity contribution in [3.05, 3.63) is 11.6 Å². The molecule has 0 radical (unpaired) electrons. The number of rotatable bonds is 5. The smallest absolute Gasteiger partial charge is 0.326 e. The van der Waals surface area contributed by atoms with Gasteiger partial charge in [-0.2, -0.15) is 0 Å². The first-order valence-corrected chi connectivity index (χ1v) is 6.02. The molecule has 4 nitrogen and oxygen atoms in total. The number of carbonyl (C=O) groups excluding carboxylic acids is 2. The number of hydrogen-bond acceptors (Lipinski definition) is 4. The SMILES string of the molecule is CCCCOC(=O)CN1C=CSCC1=O. The molecule has 0 N–H and O–H groups in total. The van der Waals surface area contributed by atoms with Crippen LogP contribution in [0.15, 0.2) is 11.6 Å². The van der Waals surface area contributed by atoms with E-state index in [-0.39, 0.29) is 18.4 Å². The Balaban J connectivity index is 2.27. The van der Waals surface area contributed by atoms with Gasteiger partial charge in [0.1, 0.15) is 6.54 Å². The van der Waals surface area contributed by atoms with Crippen molar-refractivity contribution in [3.8, 4) is 0 Å². The summed E-state index contributed by atoms with van der Waals surface area (Å²) in [5.41, 5.74) is 0. The van der Waals surface area contributed by atoms with Gasteiger partial charge in [-0.1, -0.05) is 13.3 Å². The van der Waals surface area contributed by atoms with E-state index >= 15 is 0 Å². The van der Waals surface area contributed by atoms with E-state index in [1.54, 1.807) is 11.6 Å². The maximum absolute atomic E-state index is 11.3. The van der Waals surface area contributed by atoms with E-state index in [0.29, 0.717) is 12.4 Å². The summed E-state index contributed by atoms with van der Waals surface area (Å²) in [6.45, 7) is 2.50. The Kier molecular flexibility index (Phi) is 5.25. The largest absolute Gasteiger partial charge is 0.464 e. The van der Waals surface area contributed by atoms with Crippen molar-refractivity contribution in [1.82, 2.24) is 4.90 Å². The summed E-state index contributed by atoms with van der Waals surface area (Å²) in [4.78, 5) is 24.0. The van der Waals surface area contributed by atoms with E-state index < -0.39 is 0 Å². The Morgan fingerprint density at radius 1 is 1.67 bits per heavy atom. The highest BCUT2D eigenvalue weighted by Gasteiger charge is 2.17. The predicted molar refractivity (Wildman–Crippen MR) is 59.2 cm³/mol. The molecule has 0 saturated heterocycles. The Morgan fingerprint density at radius 2 is 2.47 bits per heavy atom. The van der Waals surface area contributed by atoms with Crippen LogP contribution in [0, 0.1) is 0 Å². The number of amides is 1. The van der Waals surface area contributed by atoms with Crippen LogP contribution in [0.2, 0.25) is 0 Å². The van der Waals surface area contributed by atoms with Gasteiger partial charge in [0.2, 0.25) is 5.91 Å². The third-order valence-corrected chi connectivity index (χ3v) is 2.65. The van der Waals surface area contributed by atoms with Crippen molar-refractivity contribution < 1.29 is 14.3 Å². The average molecular weight is 229 g/mol. The molecule has 0 fully saturated rings. The summed E-state index contributed by atoms with van der Waals surface area (Å²) in [6, 6.07) is 0. The van der Waals surface area contributed by atoms with Crippen LogP contribution in [0.3, 0.4) is 0 Å². The third-order valence-electron chi connectivity index (χ3n) is 1.92. The van der Waals surface area contributed by atoms with Crippen LogP contribution in [0.1, 0.15) is 19.8 Å². The lowest BCUT2D eigenvalue weighted by Gasteiger charge is -2.19. The minimum absolute atomic E-state index is 0.0274. The predicted octanol–water partition coefficient (Wildman–Crippen LogP) is 1.38. The van der Waals surface area contributed by atoms with E-state index in [0.717, 1.165) is 12.8 Å². The van der Waals surface area contributed by atoms with Crippen molar-refractivity contribution in [2.75, 3.05) is 18.9 Å². The summed E-state index contributed by atoms with van der Waals surface area (Å²) in [6.07, 6.45) is 3.48. The molecule has 5 heteroatoms. The first-order valence-electron chi connectivity index (χ1n) is 4.97. The van der Waals surface area contributed by atoms with Gasteiger partial charge in [-0.15, -0.1) is 11.8 Å². The maximum Gasteiger partial charge on any atom is 0.326 e. The molecule has 0 aromatic heterocycles. The first kappa shape index (κ1) is 12.1. The standard InChI is InChI=1S/C10H15NO3S/c1-2-3-5-14-10(13)7-11-4-6-15-8-9(11)12/h4,6H,2-3,5,7-8H2,1H3. The molecule has 0 bridgehead atoms. The molecule has 15 heavy (non-hydrogen) atoms. The zero-order valence-corrected chi connectivity index (χ0v) is 9.59. The summed E-state index contributed by atoms with van der Waals surface area (Å²) in [5.74, 6) is 0.0157.